The van der Waals surface area contributed by atoms with Gasteiger partial charge in [0.15, 0.2) is 0 Å². The van der Waals surface area contributed by atoms with E-state index in [4.69, 9.17) is 4.74 Å². The highest BCUT2D eigenvalue weighted by molar-refractivity contribution is 5.40. The van der Waals surface area contributed by atoms with E-state index in [1.165, 1.54) is 22.3 Å². The standard InChI is InChI=1S/C19H23NO/c1-13-4-7-16(8-5-13)15(3)20-12-18-11-17-10-14(2)6-9-19(17)21-18/h4-10,15,18,20H,11-12H2,1-3H3. The van der Waals surface area contributed by atoms with Gasteiger partial charge in [-0.2, -0.15) is 0 Å². The van der Waals surface area contributed by atoms with Gasteiger partial charge in [0, 0.05) is 19.0 Å². The highest BCUT2D eigenvalue weighted by atomic mass is 16.5. The first kappa shape index (κ1) is 14.2. The van der Waals surface area contributed by atoms with Gasteiger partial charge in [-0.15, -0.1) is 0 Å². The lowest BCUT2D eigenvalue weighted by atomic mass is 10.1. The van der Waals surface area contributed by atoms with Gasteiger partial charge in [0.1, 0.15) is 11.9 Å². The van der Waals surface area contributed by atoms with Crippen LogP contribution in [0.3, 0.4) is 0 Å². The number of rotatable bonds is 4. The molecule has 2 heteroatoms. The molecule has 0 aromatic heterocycles. The zero-order chi connectivity index (χ0) is 14.8. The number of benzene rings is 2. The number of hydrogen-bond donors (Lipinski definition) is 1. The first-order valence-electron chi connectivity index (χ1n) is 7.68. The zero-order valence-electron chi connectivity index (χ0n) is 13.0. The van der Waals surface area contributed by atoms with Crippen LogP contribution in [0, 0.1) is 13.8 Å². The van der Waals surface area contributed by atoms with Crippen molar-refractivity contribution in [3.8, 4) is 5.75 Å². The third kappa shape index (κ3) is 3.27. The molecule has 2 aromatic rings. The van der Waals surface area contributed by atoms with Crippen LogP contribution in [0.1, 0.15) is 35.2 Å². The van der Waals surface area contributed by atoms with Crippen LogP contribution in [-0.2, 0) is 6.42 Å². The second-order valence-electron chi connectivity index (χ2n) is 6.10. The number of hydrogen-bond acceptors (Lipinski definition) is 2. The molecule has 2 atom stereocenters. The van der Waals surface area contributed by atoms with Crippen LogP contribution in [0.15, 0.2) is 42.5 Å². The predicted molar refractivity (Wildman–Crippen MR) is 86.9 cm³/mol. The maximum absolute atomic E-state index is 6.00. The normalized spacial score (nSPS) is 18.1. The SMILES string of the molecule is Cc1ccc(C(C)NCC2Cc3cc(C)ccc3O2)cc1. The Balaban J connectivity index is 1.56. The lowest BCUT2D eigenvalue weighted by molar-refractivity contribution is 0.222. The second-order valence-corrected chi connectivity index (χ2v) is 6.10. The maximum Gasteiger partial charge on any atom is 0.123 e. The summed E-state index contributed by atoms with van der Waals surface area (Å²) >= 11 is 0. The summed E-state index contributed by atoms with van der Waals surface area (Å²) < 4.78 is 6.00. The summed E-state index contributed by atoms with van der Waals surface area (Å²) in [5, 5.41) is 3.58. The fraction of sp³-hybridized carbons (Fsp3) is 0.368. The van der Waals surface area contributed by atoms with Gasteiger partial charge < -0.3 is 10.1 Å². The van der Waals surface area contributed by atoms with Crippen LogP contribution < -0.4 is 10.1 Å². The van der Waals surface area contributed by atoms with E-state index in [2.05, 4.69) is 68.6 Å². The largest absolute Gasteiger partial charge is 0.488 e. The van der Waals surface area contributed by atoms with Crippen molar-refractivity contribution in [3.05, 3.63) is 64.7 Å². The van der Waals surface area contributed by atoms with E-state index in [0.717, 1.165) is 18.7 Å². The van der Waals surface area contributed by atoms with E-state index in [9.17, 15) is 0 Å². The van der Waals surface area contributed by atoms with Crippen molar-refractivity contribution in [1.29, 1.82) is 0 Å². The van der Waals surface area contributed by atoms with E-state index in [-0.39, 0.29) is 6.10 Å². The molecule has 21 heavy (non-hydrogen) atoms. The molecule has 0 amide bonds. The Hall–Kier alpha value is -1.80. The number of nitrogens with one attached hydrogen (secondary N) is 1. The van der Waals surface area contributed by atoms with Crippen LogP contribution in [-0.4, -0.2) is 12.6 Å². The molecule has 1 aliphatic rings. The van der Waals surface area contributed by atoms with Gasteiger partial charge in [0.05, 0.1) is 0 Å². The molecule has 0 aliphatic carbocycles. The Labute approximate surface area is 127 Å². The fourth-order valence-corrected chi connectivity index (χ4v) is 2.84. The first-order valence-corrected chi connectivity index (χ1v) is 7.68. The highest BCUT2D eigenvalue weighted by Gasteiger charge is 2.23. The molecule has 0 saturated heterocycles. The van der Waals surface area contributed by atoms with Crippen LogP contribution in [0.4, 0.5) is 0 Å². The van der Waals surface area contributed by atoms with Crippen LogP contribution >= 0.6 is 0 Å². The molecule has 0 saturated carbocycles. The quantitative estimate of drug-likeness (QED) is 0.916. The van der Waals surface area contributed by atoms with Crippen molar-refractivity contribution >= 4 is 0 Å². The summed E-state index contributed by atoms with van der Waals surface area (Å²) in [6, 6.07) is 15.5. The molecule has 2 aromatic carbocycles. The average Bonchev–Trinajstić information content (AvgIpc) is 2.87. The smallest absolute Gasteiger partial charge is 0.123 e. The lowest BCUT2D eigenvalue weighted by Gasteiger charge is -2.18. The first-order chi connectivity index (χ1) is 10.1. The lowest BCUT2D eigenvalue weighted by Crippen LogP contribution is -2.31. The van der Waals surface area contributed by atoms with Gasteiger partial charge in [0.2, 0.25) is 0 Å². The molecule has 2 nitrogen and oxygen atoms in total. The van der Waals surface area contributed by atoms with E-state index in [1.54, 1.807) is 0 Å². The Morgan fingerprint density at radius 3 is 2.57 bits per heavy atom. The molecular weight excluding hydrogens is 258 g/mol. The van der Waals surface area contributed by atoms with E-state index < -0.39 is 0 Å². The summed E-state index contributed by atoms with van der Waals surface area (Å²) in [5.74, 6) is 1.05. The van der Waals surface area contributed by atoms with E-state index in [0.29, 0.717) is 6.04 Å². The summed E-state index contributed by atoms with van der Waals surface area (Å²) in [7, 11) is 0. The van der Waals surface area contributed by atoms with Crippen molar-refractivity contribution < 1.29 is 4.74 Å². The van der Waals surface area contributed by atoms with Crippen molar-refractivity contribution in [1.82, 2.24) is 5.32 Å². The van der Waals surface area contributed by atoms with Crippen LogP contribution in [0.2, 0.25) is 0 Å². The number of ether oxygens (including phenoxy) is 1. The summed E-state index contributed by atoms with van der Waals surface area (Å²) in [6.45, 7) is 7.33. The second kappa shape index (κ2) is 5.90. The minimum Gasteiger partial charge on any atom is -0.488 e. The highest BCUT2D eigenvalue weighted by Crippen LogP contribution is 2.29. The monoisotopic (exact) mass is 281 g/mol. The third-order valence-electron chi connectivity index (χ3n) is 4.19. The molecule has 0 radical (unpaired) electrons. The summed E-state index contributed by atoms with van der Waals surface area (Å²) in [5.41, 5.74) is 5.27. The van der Waals surface area contributed by atoms with Gasteiger partial charge >= 0.3 is 0 Å². The van der Waals surface area contributed by atoms with Crippen LogP contribution in [0.5, 0.6) is 5.75 Å². The Kier molecular flexibility index (Phi) is 3.98. The Morgan fingerprint density at radius 2 is 1.81 bits per heavy atom. The molecule has 0 bridgehead atoms. The summed E-state index contributed by atoms with van der Waals surface area (Å²) in [6.07, 6.45) is 1.25. The minimum absolute atomic E-state index is 0.245. The van der Waals surface area contributed by atoms with Gasteiger partial charge in [-0.25, -0.2) is 0 Å². The summed E-state index contributed by atoms with van der Waals surface area (Å²) in [4.78, 5) is 0. The molecule has 0 fully saturated rings. The third-order valence-corrected chi connectivity index (χ3v) is 4.19. The molecule has 1 N–H and O–H groups in total. The van der Waals surface area contributed by atoms with Gasteiger partial charge in [-0.1, -0.05) is 47.5 Å². The molecule has 1 aliphatic heterocycles. The van der Waals surface area contributed by atoms with Crippen molar-refractivity contribution in [2.24, 2.45) is 0 Å². The van der Waals surface area contributed by atoms with Crippen molar-refractivity contribution in [3.63, 3.8) is 0 Å². The molecule has 0 spiro atoms. The topological polar surface area (TPSA) is 21.3 Å². The van der Waals surface area contributed by atoms with E-state index >= 15 is 0 Å². The number of aryl methyl sites for hydroxylation is 2. The average molecular weight is 281 g/mol. The van der Waals surface area contributed by atoms with Gasteiger partial charge in [0.25, 0.3) is 0 Å². The molecular formula is C19H23NO. The zero-order valence-corrected chi connectivity index (χ0v) is 13.0. The Bertz CT molecular complexity index is 618. The van der Waals surface area contributed by atoms with Crippen molar-refractivity contribution in [2.45, 2.75) is 39.3 Å². The molecule has 110 valence electrons. The van der Waals surface area contributed by atoms with Crippen LogP contribution in [0.25, 0.3) is 0 Å². The molecule has 3 rings (SSSR count). The van der Waals surface area contributed by atoms with E-state index in [1.807, 2.05) is 0 Å². The number of fused-ring (bicyclic) bond motifs is 1. The minimum atomic E-state index is 0.245. The fourth-order valence-electron chi connectivity index (χ4n) is 2.84. The Morgan fingerprint density at radius 1 is 1.10 bits per heavy atom. The van der Waals surface area contributed by atoms with Gasteiger partial charge in [-0.05, 0) is 38.0 Å². The van der Waals surface area contributed by atoms with Crippen molar-refractivity contribution in [2.75, 3.05) is 6.54 Å². The maximum atomic E-state index is 6.00. The molecule has 2 unspecified atom stereocenters. The molecule has 1 heterocycles. The van der Waals surface area contributed by atoms with Gasteiger partial charge in [-0.3, -0.25) is 0 Å². The predicted octanol–water partition coefficient (Wildman–Crippen LogP) is 3.96.